The van der Waals surface area contributed by atoms with E-state index < -0.39 is 29.1 Å². The van der Waals surface area contributed by atoms with Crippen LogP contribution in [0.4, 0.5) is 4.79 Å². The molecule has 2 rings (SSSR count). The van der Waals surface area contributed by atoms with Gasteiger partial charge in [0.15, 0.2) is 5.78 Å². The number of amides is 1. The number of hydrogen-bond acceptors (Lipinski definition) is 5. The molecule has 118 valence electrons. The Morgan fingerprint density at radius 3 is 2.43 bits per heavy atom. The van der Waals surface area contributed by atoms with Crippen molar-refractivity contribution in [2.45, 2.75) is 58.1 Å². The van der Waals surface area contributed by atoms with Crippen LogP contribution in [0, 0.1) is 5.92 Å². The van der Waals surface area contributed by atoms with Gasteiger partial charge in [-0.1, -0.05) is 0 Å². The molecule has 1 aliphatic carbocycles. The molecule has 2 aliphatic rings. The highest BCUT2D eigenvalue weighted by molar-refractivity contribution is 6.07. The van der Waals surface area contributed by atoms with Crippen molar-refractivity contribution in [3.05, 3.63) is 0 Å². The number of likely N-dealkylation sites (tertiary alicyclic amines) is 1. The average Bonchev–Trinajstić information content (AvgIpc) is 3.12. The Bertz CT molecular complexity index is 461. The van der Waals surface area contributed by atoms with Gasteiger partial charge in [-0.05, 0) is 47.0 Å². The summed E-state index contributed by atoms with van der Waals surface area (Å²) >= 11 is 0. The molecule has 1 amide bonds. The zero-order chi connectivity index (χ0) is 15.8. The molecule has 2 fully saturated rings. The zero-order valence-electron chi connectivity index (χ0n) is 13.1. The number of Topliss-reactive ketones (excluding diaryl/α,β-unsaturated/α-hetero) is 1. The Morgan fingerprint density at radius 2 is 1.95 bits per heavy atom. The molecule has 1 aliphatic heterocycles. The Balaban J connectivity index is 2.11. The van der Waals surface area contributed by atoms with Crippen LogP contribution in [-0.4, -0.2) is 47.0 Å². The minimum Gasteiger partial charge on any atom is -0.465 e. The van der Waals surface area contributed by atoms with Crippen molar-refractivity contribution in [2.24, 2.45) is 5.92 Å². The average molecular weight is 297 g/mol. The number of nitrogens with zero attached hydrogens (tertiary/aromatic N) is 1. The first-order valence-corrected chi connectivity index (χ1v) is 7.43. The Hall–Kier alpha value is -1.59. The van der Waals surface area contributed by atoms with Gasteiger partial charge in [-0.3, -0.25) is 14.5 Å². The molecule has 1 heterocycles. The highest BCUT2D eigenvalue weighted by Gasteiger charge is 2.62. The van der Waals surface area contributed by atoms with Gasteiger partial charge in [0.05, 0.1) is 6.61 Å². The van der Waals surface area contributed by atoms with Crippen molar-refractivity contribution >= 4 is 17.8 Å². The van der Waals surface area contributed by atoms with E-state index >= 15 is 0 Å². The van der Waals surface area contributed by atoms with Crippen LogP contribution in [0.15, 0.2) is 0 Å². The third kappa shape index (κ3) is 3.04. The van der Waals surface area contributed by atoms with Crippen molar-refractivity contribution in [3.63, 3.8) is 0 Å². The number of carbonyl (C=O) groups excluding carboxylic acids is 3. The van der Waals surface area contributed by atoms with Crippen LogP contribution < -0.4 is 0 Å². The molecule has 6 nitrogen and oxygen atoms in total. The third-order valence-electron chi connectivity index (χ3n) is 3.84. The first kappa shape index (κ1) is 15.8. The molecule has 21 heavy (non-hydrogen) atoms. The van der Waals surface area contributed by atoms with Crippen LogP contribution in [0.5, 0.6) is 0 Å². The van der Waals surface area contributed by atoms with Gasteiger partial charge in [-0.15, -0.1) is 0 Å². The molecular weight excluding hydrogens is 274 g/mol. The molecule has 1 saturated heterocycles. The third-order valence-corrected chi connectivity index (χ3v) is 3.84. The molecule has 0 aromatic heterocycles. The lowest BCUT2D eigenvalue weighted by molar-refractivity contribution is -0.156. The zero-order valence-corrected chi connectivity index (χ0v) is 13.1. The summed E-state index contributed by atoms with van der Waals surface area (Å²) in [5, 5.41) is 0. The van der Waals surface area contributed by atoms with Crippen LogP contribution in [0.3, 0.4) is 0 Å². The van der Waals surface area contributed by atoms with Gasteiger partial charge < -0.3 is 9.47 Å². The molecule has 1 spiro atoms. The van der Waals surface area contributed by atoms with Crippen molar-refractivity contribution < 1.29 is 23.9 Å². The largest absolute Gasteiger partial charge is 0.465 e. The Morgan fingerprint density at radius 1 is 1.33 bits per heavy atom. The first-order chi connectivity index (χ1) is 9.71. The molecule has 1 atom stereocenters. The number of rotatable bonds is 2. The highest BCUT2D eigenvalue weighted by Crippen LogP contribution is 2.48. The quantitative estimate of drug-likeness (QED) is 0.575. The van der Waals surface area contributed by atoms with Gasteiger partial charge in [0.2, 0.25) is 0 Å². The predicted molar refractivity (Wildman–Crippen MR) is 74.7 cm³/mol. The van der Waals surface area contributed by atoms with Gasteiger partial charge in [-0.2, -0.15) is 0 Å². The first-order valence-electron chi connectivity index (χ1n) is 7.43. The van der Waals surface area contributed by atoms with E-state index in [1.807, 2.05) is 0 Å². The molecular formula is C15H23NO5. The van der Waals surface area contributed by atoms with E-state index in [1.165, 1.54) is 4.90 Å². The number of esters is 1. The lowest BCUT2D eigenvalue weighted by Gasteiger charge is -2.38. The number of hydrogen-bond donors (Lipinski definition) is 0. The van der Waals surface area contributed by atoms with Crippen molar-refractivity contribution in [1.29, 1.82) is 0 Å². The second-order valence-corrected chi connectivity index (χ2v) is 6.62. The summed E-state index contributed by atoms with van der Waals surface area (Å²) in [5.74, 6) is -1.41. The van der Waals surface area contributed by atoms with E-state index in [-0.39, 0.29) is 12.4 Å². The minimum absolute atomic E-state index is 0.196. The van der Waals surface area contributed by atoms with E-state index in [0.29, 0.717) is 25.8 Å². The summed E-state index contributed by atoms with van der Waals surface area (Å²) in [7, 11) is 0. The van der Waals surface area contributed by atoms with E-state index in [4.69, 9.17) is 9.47 Å². The van der Waals surface area contributed by atoms with Crippen LogP contribution in [0.1, 0.15) is 47.0 Å². The summed E-state index contributed by atoms with van der Waals surface area (Å²) in [6, 6.07) is 0. The van der Waals surface area contributed by atoms with Crippen LogP contribution in [0.25, 0.3) is 0 Å². The second kappa shape index (κ2) is 5.31. The van der Waals surface area contributed by atoms with Crippen LogP contribution in [0.2, 0.25) is 0 Å². The summed E-state index contributed by atoms with van der Waals surface area (Å²) in [5.41, 5.74) is -1.44. The van der Waals surface area contributed by atoms with Crippen LogP contribution in [-0.2, 0) is 19.1 Å². The molecule has 0 radical (unpaired) electrons. The topological polar surface area (TPSA) is 72.9 Å². The van der Waals surface area contributed by atoms with Crippen LogP contribution >= 0.6 is 0 Å². The molecule has 1 saturated carbocycles. The minimum atomic E-state index is -0.835. The van der Waals surface area contributed by atoms with Gasteiger partial charge in [0.1, 0.15) is 17.1 Å². The molecule has 1 unspecified atom stereocenters. The molecule has 0 aromatic carbocycles. The molecule has 6 heteroatoms. The maximum Gasteiger partial charge on any atom is 0.411 e. The fourth-order valence-corrected chi connectivity index (χ4v) is 2.75. The standard InChI is InChI=1S/C15H23NO5/c1-5-20-12(18)10-6-9-16(13(19)21-14(2,3)4)15(7-8-15)11(10)17/h10H,5-9H2,1-4H3. The Kier molecular flexibility index (Phi) is 4.00. The smallest absolute Gasteiger partial charge is 0.411 e. The highest BCUT2D eigenvalue weighted by atomic mass is 16.6. The summed E-state index contributed by atoms with van der Waals surface area (Å²) in [6.07, 6.45) is 1.02. The summed E-state index contributed by atoms with van der Waals surface area (Å²) in [4.78, 5) is 38.2. The number of carbonyl (C=O) groups is 3. The lowest BCUT2D eigenvalue weighted by atomic mass is 9.87. The van der Waals surface area contributed by atoms with E-state index in [9.17, 15) is 14.4 Å². The Labute approximate surface area is 124 Å². The number of piperidine rings is 1. The predicted octanol–water partition coefficient (Wildman–Crippen LogP) is 1.91. The normalized spacial score (nSPS) is 23.9. The number of ketones is 1. The van der Waals surface area contributed by atoms with Crippen molar-refractivity contribution in [1.82, 2.24) is 4.90 Å². The molecule has 0 N–H and O–H groups in total. The van der Waals surface area contributed by atoms with Gasteiger partial charge in [-0.25, -0.2) is 4.79 Å². The number of ether oxygens (including phenoxy) is 2. The van der Waals surface area contributed by atoms with E-state index in [2.05, 4.69) is 0 Å². The van der Waals surface area contributed by atoms with E-state index in [0.717, 1.165) is 0 Å². The van der Waals surface area contributed by atoms with Crippen molar-refractivity contribution in [2.75, 3.05) is 13.2 Å². The van der Waals surface area contributed by atoms with Gasteiger partial charge >= 0.3 is 12.1 Å². The lowest BCUT2D eigenvalue weighted by Crippen LogP contribution is -2.56. The fraction of sp³-hybridized carbons (Fsp3) is 0.800. The summed E-state index contributed by atoms with van der Waals surface area (Å²) < 4.78 is 10.3. The summed E-state index contributed by atoms with van der Waals surface area (Å²) in [6.45, 7) is 7.69. The van der Waals surface area contributed by atoms with Gasteiger partial charge in [0.25, 0.3) is 0 Å². The maximum atomic E-state index is 12.6. The fourth-order valence-electron chi connectivity index (χ4n) is 2.75. The van der Waals surface area contributed by atoms with E-state index in [1.54, 1.807) is 27.7 Å². The van der Waals surface area contributed by atoms with Gasteiger partial charge in [0, 0.05) is 6.54 Å². The monoisotopic (exact) mass is 297 g/mol. The second-order valence-electron chi connectivity index (χ2n) is 6.62. The SMILES string of the molecule is CCOC(=O)C1CCN(C(=O)OC(C)(C)C)C2(CC2)C1=O. The maximum absolute atomic E-state index is 12.6. The van der Waals surface area contributed by atoms with Crippen molar-refractivity contribution in [3.8, 4) is 0 Å². The molecule has 0 aromatic rings. The molecule has 0 bridgehead atoms.